The number of aliphatic carboxylic acids is 1. The van der Waals surface area contributed by atoms with Gasteiger partial charge in [0, 0.05) is 35.5 Å². The van der Waals surface area contributed by atoms with Crippen molar-refractivity contribution in [2.45, 2.75) is 6.92 Å². The molecule has 0 fully saturated rings. The molecule has 5 heteroatoms. The largest absolute Gasteiger partial charge is 1.00 e. The van der Waals surface area contributed by atoms with Gasteiger partial charge in [-0.05, 0) is 6.92 Å². The average Bonchev–Trinajstić information content (AvgIpc) is 0.811. The van der Waals surface area contributed by atoms with Gasteiger partial charge in [-0.3, -0.25) is 0 Å². The molecule has 0 unspecified atom stereocenters. The summed E-state index contributed by atoms with van der Waals surface area (Å²) < 4.78 is 0. The van der Waals surface area contributed by atoms with Gasteiger partial charge >= 0.3 is 0 Å². The smallest absolute Gasteiger partial charge is 0.0383 e. The minimum Gasteiger partial charge on any atom is -1.00 e. The minimum atomic E-state index is -1.08. The maximum absolute atomic E-state index is 8.89. The molecule has 1 radical (unpaired) electrons. The quantitative estimate of drug-likeness (QED) is 0.342. The Labute approximate surface area is 70.8 Å². The molecule has 0 bridgehead atoms. The van der Waals surface area contributed by atoms with E-state index in [0.717, 1.165) is 6.92 Å². The first-order chi connectivity index (χ1) is 1.73. The van der Waals surface area contributed by atoms with Crippen LogP contribution in [0.15, 0.2) is 0 Å². The molecule has 0 atom stereocenters. The Balaban J connectivity index is -0.0000000150. The van der Waals surface area contributed by atoms with Crippen LogP contribution < -0.4 is 23.7 Å². The van der Waals surface area contributed by atoms with E-state index in [9.17, 15) is 0 Å². The van der Waals surface area contributed by atoms with Gasteiger partial charge in [-0.25, -0.2) is 0 Å². The number of halogens is 1. The fourth-order valence-corrected chi connectivity index (χ4v) is 0. The van der Waals surface area contributed by atoms with E-state index in [1.807, 2.05) is 0 Å². The van der Waals surface area contributed by atoms with Crippen LogP contribution in [0, 0.1) is 0 Å². The first-order valence-corrected chi connectivity index (χ1v) is 0.908. The minimum absolute atomic E-state index is 0. The van der Waals surface area contributed by atoms with Crippen molar-refractivity contribution in [1.29, 1.82) is 0 Å². The van der Waals surface area contributed by atoms with Crippen LogP contribution in [0.5, 0.6) is 0 Å². The molecule has 41 valence electrons. The van der Waals surface area contributed by atoms with E-state index in [1.165, 1.54) is 0 Å². The zero-order chi connectivity index (χ0) is 3.58. The molecular formula is C2H7ClNNaO2-. The molecule has 0 aromatic heterocycles. The van der Waals surface area contributed by atoms with Gasteiger partial charge in [0.2, 0.25) is 0 Å². The first kappa shape index (κ1) is 25.2. The summed E-state index contributed by atoms with van der Waals surface area (Å²) in [5.74, 6) is -1.08. The van der Waals surface area contributed by atoms with Crippen molar-refractivity contribution in [2.75, 3.05) is 0 Å². The number of carbonyl (C=O) groups excluding carboxylic acids is 1. The second-order valence-corrected chi connectivity index (χ2v) is 0.492. The van der Waals surface area contributed by atoms with Crippen molar-refractivity contribution in [3.63, 3.8) is 0 Å². The van der Waals surface area contributed by atoms with Crippen LogP contribution in [0.4, 0.5) is 0 Å². The van der Waals surface area contributed by atoms with Gasteiger partial charge in [0.25, 0.3) is 0 Å². The van der Waals surface area contributed by atoms with Gasteiger partial charge in [0.05, 0.1) is 0 Å². The molecule has 0 heterocycles. The molecule has 7 heavy (non-hydrogen) atoms. The molecular weight excluding hydrogens is 128 g/mol. The van der Waals surface area contributed by atoms with Crippen LogP contribution in [0.25, 0.3) is 0 Å². The Bertz CT molecular complexity index is 38.7. The summed E-state index contributed by atoms with van der Waals surface area (Å²) in [6.07, 6.45) is 0. The second-order valence-electron chi connectivity index (χ2n) is 0.492. The van der Waals surface area contributed by atoms with E-state index in [0.29, 0.717) is 0 Å². The average molecular weight is 136 g/mol. The molecule has 0 aliphatic heterocycles. The summed E-state index contributed by atoms with van der Waals surface area (Å²) in [5.41, 5.74) is 0. The Kier molecular flexibility index (Phi) is 57.2. The summed E-state index contributed by atoms with van der Waals surface area (Å²) in [5, 5.41) is 8.89. The van der Waals surface area contributed by atoms with Crippen LogP contribution in [0.1, 0.15) is 6.92 Å². The molecule has 0 aromatic carbocycles. The Morgan fingerprint density at radius 1 is 1.57 bits per heavy atom. The number of rotatable bonds is 0. The van der Waals surface area contributed by atoms with Gasteiger partial charge in [-0.2, -0.15) is 0 Å². The summed E-state index contributed by atoms with van der Waals surface area (Å²) in [6.45, 7) is 0.972. The van der Waals surface area contributed by atoms with Crippen molar-refractivity contribution in [2.24, 2.45) is 0 Å². The van der Waals surface area contributed by atoms with Gasteiger partial charge in [-0.1, -0.05) is 0 Å². The molecule has 0 spiro atoms. The molecule has 0 aromatic rings. The SMILES string of the molecule is CC(=O)[O-].[Cl-].[NH4+].[Na]. The summed E-state index contributed by atoms with van der Waals surface area (Å²) >= 11 is 0. The number of carboxylic acid groups (broad SMARTS) is 1. The standard InChI is InChI=1S/C2H4O2.ClH.H3N.Na/c1-2(3)4;;;/h1H3,(H,3,4);1H;1H3;/p-1. The molecule has 4 N–H and O–H groups in total. The predicted octanol–water partition coefficient (Wildman–Crippen LogP) is -4.24. The zero-order valence-corrected chi connectivity index (χ0v) is 7.45. The van der Waals surface area contributed by atoms with E-state index >= 15 is 0 Å². The Morgan fingerprint density at radius 2 is 1.57 bits per heavy atom. The fraction of sp³-hybridized carbons (Fsp3) is 0.500. The third-order valence-corrected chi connectivity index (χ3v) is 0. The summed E-state index contributed by atoms with van der Waals surface area (Å²) in [4.78, 5) is 8.89. The van der Waals surface area contributed by atoms with E-state index in [4.69, 9.17) is 9.90 Å². The first-order valence-electron chi connectivity index (χ1n) is 0.908. The molecule has 0 saturated heterocycles. The normalized spacial score (nSPS) is 3.57. The monoisotopic (exact) mass is 135 g/mol. The van der Waals surface area contributed by atoms with E-state index in [1.54, 1.807) is 0 Å². The van der Waals surface area contributed by atoms with Crippen molar-refractivity contribution in [3.05, 3.63) is 0 Å². The van der Waals surface area contributed by atoms with Crippen molar-refractivity contribution in [1.82, 2.24) is 6.15 Å². The number of hydrogen-bond donors (Lipinski definition) is 1. The number of hydrogen-bond acceptors (Lipinski definition) is 2. The van der Waals surface area contributed by atoms with Crippen molar-refractivity contribution < 1.29 is 22.3 Å². The fourth-order valence-electron chi connectivity index (χ4n) is 0. The summed E-state index contributed by atoms with van der Waals surface area (Å²) in [7, 11) is 0. The van der Waals surface area contributed by atoms with Crippen LogP contribution in [0.3, 0.4) is 0 Å². The molecule has 0 amide bonds. The van der Waals surface area contributed by atoms with E-state index in [2.05, 4.69) is 0 Å². The van der Waals surface area contributed by atoms with Gasteiger partial charge < -0.3 is 28.5 Å². The maximum Gasteiger partial charge on any atom is 0.0383 e. The van der Waals surface area contributed by atoms with Gasteiger partial charge in [-0.15, -0.1) is 0 Å². The maximum atomic E-state index is 8.89. The van der Waals surface area contributed by atoms with Crippen LogP contribution in [0.2, 0.25) is 0 Å². The van der Waals surface area contributed by atoms with E-state index in [-0.39, 0.29) is 48.1 Å². The molecule has 0 rings (SSSR count). The van der Waals surface area contributed by atoms with Gasteiger partial charge in [0.15, 0.2) is 0 Å². The Hall–Kier alpha value is 0.720. The van der Waals surface area contributed by atoms with Gasteiger partial charge in [0.1, 0.15) is 0 Å². The van der Waals surface area contributed by atoms with Crippen molar-refractivity contribution in [3.8, 4) is 0 Å². The van der Waals surface area contributed by atoms with Crippen LogP contribution >= 0.6 is 0 Å². The zero-order valence-electron chi connectivity index (χ0n) is 4.69. The molecule has 0 aliphatic carbocycles. The van der Waals surface area contributed by atoms with Crippen molar-refractivity contribution >= 4 is 35.5 Å². The predicted molar refractivity (Wildman–Crippen MR) is 22.4 cm³/mol. The van der Waals surface area contributed by atoms with Crippen LogP contribution in [-0.4, -0.2) is 35.5 Å². The number of carboxylic acids is 1. The third-order valence-electron chi connectivity index (χ3n) is 0. The Morgan fingerprint density at radius 3 is 1.57 bits per heavy atom. The second kappa shape index (κ2) is 15.9. The number of carbonyl (C=O) groups is 1. The third kappa shape index (κ3) is 289. The molecule has 3 nitrogen and oxygen atoms in total. The van der Waals surface area contributed by atoms with Crippen LogP contribution in [-0.2, 0) is 4.79 Å². The molecule has 0 aliphatic rings. The number of quaternary nitrogens is 1. The van der Waals surface area contributed by atoms with E-state index < -0.39 is 5.97 Å². The topological polar surface area (TPSA) is 76.6 Å². The molecule has 0 saturated carbocycles. The summed E-state index contributed by atoms with van der Waals surface area (Å²) in [6, 6.07) is 0.